The zero-order valence-electron chi connectivity index (χ0n) is 16.9. The molecule has 28 heavy (non-hydrogen) atoms. The minimum atomic E-state index is -0.341. The van der Waals surface area contributed by atoms with Crippen LogP contribution in [0.2, 0.25) is 0 Å². The van der Waals surface area contributed by atoms with Crippen LogP contribution in [-0.4, -0.2) is 38.8 Å². The van der Waals surface area contributed by atoms with Gasteiger partial charge in [0.25, 0.3) is 0 Å². The van der Waals surface area contributed by atoms with Gasteiger partial charge in [-0.3, -0.25) is 9.59 Å². The highest BCUT2D eigenvalue weighted by molar-refractivity contribution is 5.97. The van der Waals surface area contributed by atoms with E-state index in [9.17, 15) is 9.59 Å². The number of aromatic nitrogens is 2. The Morgan fingerprint density at radius 2 is 1.75 bits per heavy atom. The highest BCUT2D eigenvalue weighted by Crippen LogP contribution is 2.27. The van der Waals surface area contributed by atoms with Crippen LogP contribution >= 0.6 is 0 Å². The van der Waals surface area contributed by atoms with Gasteiger partial charge in [-0.15, -0.1) is 0 Å². The summed E-state index contributed by atoms with van der Waals surface area (Å²) in [6.45, 7) is 10.1. The van der Waals surface area contributed by atoms with E-state index in [1.807, 2.05) is 40.7 Å². The molecule has 148 valence electrons. The lowest BCUT2D eigenvalue weighted by Crippen LogP contribution is -2.42. The van der Waals surface area contributed by atoms with Gasteiger partial charge >= 0.3 is 6.01 Å². The summed E-state index contributed by atoms with van der Waals surface area (Å²) < 4.78 is 5.68. The quantitative estimate of drug-likeness (QED) is 0.875. The zero-order valence-corrected chi connectivity index (χ0v) is 16.9. The smallest absolute Gasteiger partial charge is 0.322 e. The van der Waals surface area contributed by atoms with Gasteiger partial charge < -0.3 is 15.0 Å². The minimum Gasteiger partial charge on any atom is -0.424 e. The average molecular weight is 382 g/mol. The van der Waals surface area contributed by atoms with Crippen molar-refractivity contribution in [3.63, 3.8) is 0 Å². The number of hydrogen-bond donors (Lipinski definition) is 1. The first kappa shape index (κ1) is 19.8. The summed E-state index contributed by atoms with van der Waals surface area (Å²) >= 11 is 0. The molecule has 1 aromatic carbocycles. The number of carbonyl (C=O) groups is 2. The number of ether oxygens (including phenoxy) is 1. The summed E-state index contributed by atoms with van der Waals surface area (Å²) in [6.07, 6.45) is 0.244. The number of rotatable bonds is 4. The maximum absolute atomic E-state index is 12.5. The Morgan fingerprint density at radius 1 is 1.14 bits per heavy atom. The fraction of sp³-hybridized carbons (Fsp3) is 0.429. The Balaban J connectivity index is 1.61. The molecule has 1 N–H and O–H groups in total. The van der Waals surface area contributed by atoms with E-state index in [0.29, 0.717) is 24.0 Å². The zero-order chi connectivity index (χ0) is 20.5. The first-order chi connectivity index (χ1) is 13.1. The number of carbonyl (C=O) groups excluding carboxylic acids is 2. The minimum absolute atomic E-state index is 0.0184. The SMILES string of the molecule is Cc1cc(C)nc(Oc2ccc(NC(=O)C3CC(=O)N(C(C)(C)C)C3)cc2)n1. The standard InChI is InChI=1S/C21H26N4O3/c1-13-10-14(2)23-20(22-13)28-17-8-6-16(7-9-17)24-19(27)15-11-18(26)25(12-15)21(3,4)5/h6-10,15H,11-12H2,1-5H3,(H,24,27). The number of anilines is 1. The summed E-state index contributed by atoms with van der Waals surface area (Å²) in [5.74, 6) is 0.112. The van der Waals surface area contributed by atoms with Crippen LogP contribution in [0.15, 0.2) is 30.3 Å². The molecule has 7 nitrogen and oxygen atoms in total. The lowest BCUT2D eigenvalue weighted by molar-refractivity contribution is -0.131. The molecule has 2 heterocycles. The fourth-order valence-electron chi connectivity index (χ4n) is 3.23. The third-order valence-electron chi connectivity index (χ3n) is 4.60. The summed E-state index contributed by atoms with van der Waals surface area (Å²) in [5, 5.41) is 2.88. The van der Waals surface area contributed by atoms with E-state index in [1.165, 1.54) is 0 Å². The molecule has 1 aliphatic heterocycles. The van der Waals surface area contributed by atoms with E-state index >= 15 is 0 Å². The molecule has 0 spiro atoms. The Labute approximate surface area is 165 Å². The van der Waals surface area contributed by atoms with Gasteiger partial charge in [-0.2, -0.15) is 0 Å². The molecule has 1 saturated heterocycles. The molecule has 1 fully saturated rings. The van der Waals surface area contributed by atoms with Crippen molar-refractivity contribution >= 4 is 17.5 Å². The van der Waals surface area contributed by atoms with Crippen molar-refractivity contribution in [2.24, 2.45) is 5.92 Å². The van der Waals surface area contributed by atoms with E-state index in [4.69, 9.17) is 4.74 Å². The molecule has 0 saturated carbocycles. The lowest BCUT2D eigenvalue weighted by Gasteiger charge is -2.31. The Bertz CT molecular complexity index is 867. The largest absolute Gasteiger partial charge is 0.424 e. The second-order valence-electron chi connectivity index (χ2n) is 8.13. The number of benzene rings is 1. The highest BCUT2D eigenvalue weighted by atomic mass is 16.5. The van der Waals surface area contributed by atoms with Crippen molar-refractivity contribution in [2.45, 2.75) is 46.6 Å². The van der Waals surface area contributed by atoms with Gasteiger partial charge in [0.1, 0.15) is 5.75 Å². The van der Waals surface area contributed by atoms with Crippen LogP contribution in [0.25, 0.3) is 0 Å². The fourth-order valence-corrected chi connectivity index (χ4v) is 3.23. The first-order valence-corrected chi connectivity index (χ1v) is 9.33. The molecule has 2 aromatic rings. The van der Waals surface area contributed by atoms with Gasteiger partial charge in [0, 0.05) is 35.6 Å². The highest BCUT2D eigenvalue weighted by Gasteiger charge is 2.39. The van der Waals surface area contributed by atoms with E-state index < -0.39 is 0 Å². The second kappa shape index (κ2) is 7.58. The molecule has 7 heteroatoms. The molecule has 1 atom stereocenters. The molecule has 0 aliphatic carbocycles. The van der Waals surface area contributed by atoms with Crippen LogP contribution in [0.1, 0.15) is 38.6 Å². The molecule has 1 aromatic heterocycles. The Hall–Kier alpha value is -2.96. The van der Waals surface area contributed by atoms with E-state index in [2.05, 4.69) is 15.3 Å². The number of aryl methyl sites for hydroxylation is 2. The van der Waals surface area contributed by atoms with Gasteiger partial charge in [-0.1, -0.05) is 0 Å². The number of amides is 2. The summed E-state index contributed by atoms with van der Waals surface area (Å²) in [7, 11) is 0. The summed E-state index contributed by atoms with van der Waals surface area (Å²) in [5.41, 5.74) is 2.05. The topological polar surface area (TPSA) is 84.4 Å². The summed E-state index contributed by atoms with van der Waals surface area (Å²) in [6, 6.07) is 9.18. The number of nitrogens with zero attached hydrogens (tertiary/aromatic N) is 3. The molecule has 1 aliphatic rings. The third kappa shape index (κ3) is 4.65. The summed E-state index contributed by atoms with van der Waals surface area (Å²) in [4.78, 5) is 35.0. The van der Waals surface area contributed by atoms with Crippen LogP contribution in [0.3, 0.4) is 0 Å². The van der Waals surface area contributed by atoms with E-state index in [0.717, 1.165) is 11.4 Å². The monoisotopic (exact) mass is 382 g/mol. The van der Waals surface area contributed by atoms with Crippen LogP contribution < -0.4 is 10.1 Å². The van der Waals surface area contributed by atoms with Gasteiger partial charge in [-0.05, 0) is 65.0 Å². The van der Waals surface area contributed by atoms with Gasteiger partial charge in [0.2, 0.25) is 11.8 Å². The van der Waals surface area contributed by atoms with Crippen molar-refractivity contribution in [1.29, 1.82) is 0 Å². The van der Waals surface area contributed by atoms with Crippen molar-refractivity contribution in [1.82, 2.24) is 14.9 Å². The predicted octanol–water partition coefficient (Wildman–Crippen LogP) is 3.47. The van der Waals surface area contributed by atoms with Gasteiger partial charge in [0.15, 0.2) is 0 Å². The lowest BCUT2D eigenvalue weighted by atomic mass is 10.1. The van der Waals surface area contributed by atoms with Crippen LogP contribution in [0.5, 0.6) is 11.8 Å². The predicted molar refractivity (Wildman–Crippen MR) is 106 cm³/mol. The average Bonchev–Trinajstić information content (AvgIpc) is 2.98. The normalized spacial score (nSPS) is 17.0. The molecule has 0 bridgehead atoms. The number of likely N-dealkylation sites (tertiary alicyclic amines) is 1. The van der Waals surface area contributed by atoms with Gasteiger partial charge in [-0.25, -0.2) is 9.97 Å². The van der Waals surface area contributed by atoms with Crippen LogP contribution in [-0.2, 0) is 9.59 Å². The van der Waals surface area contributed by atoms with E-state index in [1.54, 1.807) is 29.2 Å². The Kier molecular flexibility index (Phi) is 5.36. The third-order valence-corrected chi connectivity index (χ3v) is 4.60. The van der Waals surface area contributed by atoms with Crippen LogP contribution in [0.4, 0.5) is 5.69 Å². The maximum Gasteiger partial charge on any atom is 0.322 e. The molecular formula is C21H26N4O3. The van der Waals surface area contributed by atoms with Crippen molar-refractivity contribution in [2.75, 3.05) is 11.9 Å². The van der Waals surface area contributed by atoms with Gasteiger partial charge in [0.05, 0.1) is 5.92 Å². The van der Waals surface area contributed by atoms with Crippen molar-refractivity contribution in [3.05, 3.63) is 41.7 Å². The molecule has 0 radical (unpaired) electrons. The molecule has 2 amide bonds. The maximum atomic E-state index is 12.5. The molecule has 1 unspecified atom stereocenters. The Morgan fingerprint density at radius 3 is 2.29 bits per heavy atom. The number of nitrogens with one attached hydrogen (secondary N) is 1. The molecular weight excluding hydrogens is 356 g/mol. The molecule has 3 rings (SSSR count). The number of hydrogen-bond acceptors (Lipinski definition) is 5. The second-order valence-corrected chi connectivity index (χ2v) is 8.13. The van der Waals surface area contributed by atoms with Crippen molar-refractivity contribution in [3.8, 4) is 11.8 Å². The first-order valence-electron chi connectivity index (χ1n) is 9.33. The van der Waals surface area contributed by atoms with Crippen LogP contribution in [0, 0.1) is 19.8 Å². The van der Waals surface area contributed by atoms with E-state index in [-0.39, 0.29) is 29.7 Å². The van der Waals surface area contributed by atoms with Crippen molar-refractivity contribution < 1.29 is 14.3 Å².